The molecule has 0 fully saturated rings. The average Bonchev–Trinajstić information content (AvgIpc) is 2.35. The summed E-state index contributed by atoms with van der Waals surface area (Å²) in [5.74, 6) is 0.661. The van der Waals surface area contributed by atoms with Crippen LogP contribution < -0.4 is 10.6 Å². The second-order valence-corrected chi connectivity index (χ2v) is 7.67. The van der Waals surface area contributed by atoms with Crippen LogP contribution in [-0.2, 0) is 11.2 Å². The van der Waals surface area contributed by atoms with Gasteiger partial charge >= 0.3 is 0 Å². The van der Waals surface area contributed by atoms with E-state index < -0.39 is 0 Å². The van der Waals surface area contributed by atoms with E-state index in [9.17, 15) is 4.79 Å². The molecule has 1 aromatic rings. The topological polar surface area (TPSA) is 46.3 Å². The molecule has 0 bridgehead atoms. The van der Waals surface area contributed by atoms with Gasteiger partial charge in [-0.2, -0.15) is 0 Å². The van der Waals surface area contributed by atoms with Gasteiger partial charge in [0.1, 0.15) is 0 Å². The molecule has 1 aliphatic rings. The summed E-state index contributed by atoms with van der Waals surface area (Å²) >= 11 is 0. The minimum Gasteiger partial charge on any atom is -0.327 e. The quantitative estimate of drug-likeness (QED) is 0.927. The SMILES string of the molecule is CC1Cc2ccccc2N(C(=O)CC(N)CC(C)(C)C)C1. The number of amides is 1. The second kappa shape index (κ2) is 6.18. The van der Waals surface area contributed by atoms with Crippen molar-refractivity contribution >= 4 is 11.6 Å². The Morgan fingerprint density at radius 2 is 2.05 bits per heavy atom. The van der Waals surface area contributed by atoms with E-state index >= 15 is 0 Å². The zero-order chi connectivity index (χ0) is 15.6. The summed E-state index contributed by atoms with van der Waals surface area (Å²) in [5.41, 5.74) is 8.68. The molecule has 3 heteroatoms. The first-order valence-corrected chi connectivity index (χ1v) is 7.90. The van der Waals surface area contributed by atoms with Crippen molar-refractivity contribution in [2.24, 2.45) is 17.1 Å². The first-order chi connectivity index (χ1) is 9.76. The lowest BCUT2D eigenvalue weighted by molar-refractivity contribution is -0.119. The molecule has 116 valence electrons. The van der Waals surface area contributed by atoms with Crippen LogP contribution in [0.15, 0.2) is 24.3 Å². The molecule has 2 atom stereocenters. The lowest BCUT2D eigenvalue weighted by Crippen LogP contribution is -2.42. The van der Waals surface area contributed by atoms with Gasteiger partial charge in [0.25, 0.3) is 0 Å². The number of nitrogens with zero attached hydrogens (tertiary/aromatic N) is 1. The monoisotopic (exact) mass is 288 g/mol. The van der Waals surface area contributed by atoms with E-state index in [2.05, 4.69) is 33.8 Å². The molecular weight excluding hydrogens is 260 g/mol. The van der Waals surface area contributed by atoms with Crippen molar-refractivity contribution in [2.45, 2.75) is 53.0 Å². The average molecular weight is 288 g/mol. The van der Waals surface area contributed by atoms with Crippen molar-refractivity contribution in [3.8, 4) is 0 Å². The van der Waals surface area contributed by atoms with Gasteiger partial charge in [-0.15, -0.1) is 0 Å². The maximum atomic E-state index is 12.6. The van der Waals surface area contributed by atoms with Gasteiger partial charge in [-0.05, 0) is 35.8 Å². The van der Waals surface area contributed by atoms with Gasteiger partial charge in [0.2, 0.25) is 5.91 Å². The molecule has 0 radical (unpaired) electrons. The van der Waals surface area contributed by atoms with Crippen LogP contribution in [0, 0.1) is 11.3 Å². The highest BCUT2D eigenvalue weighted by Crippen LogP contribution is 2.30. The molecule has 0 aromatic heterocycles. The highest BCUT2D eigenvalue weighted by molar-refractivity contribution is 5.95. The first-order valence-electron chi connectivity index (χ1n) is 7.90. The largest absolute Gasteiger partial charge is 0.327 e. The summed E-state index contributed by atoms with van der Waals surface area (Å²) in [4.78, 5) is 14.6. The molecular formula is C18H28N2O. The molecule has 2 unspecified atom stereocenters. The number of rotatable bonds is 3. The fourth-order valence-electron chi connectivity index (χ4n) is 3.23. The predicted octanol–water partition coefficient (Wildman–Crippen LogP) is 3.37. The highest BCUT2D eigenvalue weighted by Gasteiger charge is 2.27. The molecule has 1 aliphatic heterocycles. The molecule has 1 amide bonds. The Hall–Kier alpha value is -1.35. The smallest absolute Gasteiger partial charge is 0.228 e. The predicted molar refractivity (Wildman–Crippen MR) is 88.3 cm³/mol. The van der Waals surface area contributed by atoms with E-state index in [1.807, 2.05) is 23.1 Å². The fraction of sp³-hybridized carbons (Fsp3) is 0.611. The van der Waals surface area contributed by atoms with E-state index in [1.165, 1.54) is 5.56 Å². The lowest BCUT2D eigenvalue weighted by atomic mass is 9.87. The van der Waals surface area contributed by atoms with Crippen LogP contribution in [0.4, 0.5) is 5.69 Å². The van der Waals surface area contributed by atoms with Gasteiger partial charge in [-0.1, -0.05) is 45.9 Å². The van der Waals surface area contributed by atoms with Crippen LogP contribution in [0.25, 0.3) is 0 Å². The number of hydrogen-bond acceptors (Lipinski definition) is 2. The molecule has 0 aliphatic carbocycles. The summed E-state index contributed by atoms with van der Waals surface area (Å²) in [5, 5.41) is 0. The standard InChI is InChI=1S/C18H28N2O/c1-13-9-14-7-5-6-8-16(14)20(12-13)17(21)10-15(19)11-18(2,3)4/h5-8,13,15H,9-12,19H2,1-4H3. The highest BCUT2D eigenvalue weighted by atomic mass is 16.2. The molecule has 1 aromatic carbocycles. The summed E-state index contributed by atoms with van der Waals surface area (Å²) in [6.45, 7) is 9.49. The molecule has 1 heterocycles. The zero-order valence-corrected chi connectivity index (χ0v) is 13.7. The Labute approximate surface area is 128 Å². The number of carbonyl (C=O) groups is 1. The third-order valence-electron chi connectivity index (χ3n) is 3.96. The van der Waals surface area contributed by atoms with E-state index in [0.717, 1.165) is 25.1 Å². The summed E-state index contributed by atoms with van der Waals surface area (Å²) in [6, 6.07) is 8.16. The van der Waals surface area contributed by atoms with E-state index in [4.69, 9.17) is 5.73 Å². The molecule has 3 nitrogen and oxygen atoms in total. The third kappa shape index (κ3) is 4.31. The van der Waals surface area contributed by atoms with Crippen molar-refractivity contribution in [1.82, 2.24) is 0 Å². The Morgan fingerprint density at radius 3 is 2.71 bits per heavy atom. The van der Waals surface area contributed by atoms with Crippen LogP contribution in [0.1, 0.15) is 46.1 Å². The summed E-state index contributed by atoms with van der Waals surface area (Å²) in [7, 11) is 0. The molecule has 2 N–H and O–H groups in total. The number of nitrogens with two attached hydrogens (primary N) is 1. The Balaban J connectivity index is 2.09. The molecule has 0 spiro atoms. The van der Waals surface area contributed by atoms with E-state index in [-0.39, 0.29) is 17.4 Å². The fourth-order valence-corrected chi connectivity index (χ4v) is 3.23. The third-order valence-corrected chi connectivity index (χ3v) is 3.96. The van der Waals surface area contributed by atoms with Crippen LogP contribution >= 0.6 is 0 Å². The normalized spacial score (nSPS) is 20.0. The Kier molecular flexibility index (Phi) is 4.72. The van der Waals surface area contributed by atoms with Crippen molar-refractivity contribution < 1.29 is 4.79 Å². The van der Waals surface area contributed by atoms with Gasteiger partial charge in [-0.3, -0.25) is 4.79 Å². The van der Waals surface area contributed by atoms with Gasteiger partial charge in [0, 0.05) is 24.7 Å². The maximum Gasteiger partial charge on any atom is 0.228 e. The number of hydrogen-bond donors (Lipinski definition) is 1. The van der Waals surface area contributed by atoms with Gasteiger partial charge in [0.05, 0.1) is 0 Å². The summed E-state index contributed by atoms with van der Waals surface area (Å²) in [6.07, 6.45) is 2.34. The van der Waals surface area contributed by atoms with Gasteiger partial charge < -0.3 is 10.6 Å². The number of anilines is 1. The van der Waals surface area contributed by atoms with Crippen molar-refractivity contribution in [2.75, 3.05) is 11.4 Å². The molecule has 2 rings (SSSR count). The maximum absolute atomic E-state index is 12.6. The number of carbonyl (C=O) groups excluding carboxylic acids is 1. The number of fused-ring (bicyclic) bond motifs is 1. The second-order valence-electron chi connectivity index (χ2n) is 7.67. The lowest BCUT2D eigenvalue weighted by Gasteiger charge is -2.34. The van der Waals surface area contributed by atoms with Crippen molar-refractivity contribution in [3.63, 3.8) is 0 Å². The van der Waals surface area contributed by atoms with Crippen molar-refractivity contribution in [1.29, 1.82) is 0 Å². The zero-order valence-electron chi connectivity index (χ0n) is 13.7. The minimum absolute atomic E-state index is 0.0677. The van der Waals surface area contributed by atoms with E-state index in [1.54, 1.807) is 0 Å². The minimum atomic E-state index is -0.0677. The molecule has 0 saturated carbocycles. The van der Waals surface area contributed by atoms with Crippen LogP contribution in [0.2, 0.25) is 0 Å². The van der Waals surface area contributed by atoms with Crippen LogP contribution in [-0.4, -0.2) is 18.5 Å². The van der Waals surface area contributed by atoms with E-state index in [0.29, 0.717) is 12.3 Å². The number of para-hydroxylation sites is 1. The molecule has 21 heavy (non-hydrogen) atoms. The first kappa shape index (κ1) is 16.0. The van der Waals surface area contributed by atoms with Gasteiger partial charge in [0.15, 0.2) is 0 Å². The number of benzene rings is 1. The Morgan fingerprint density at radius 1 is 1.38 bits per heavy atom. The Bertz CT molecular complexity index is 504. The summed E-state index contributed by atoms with van der Waals surface area (Å²) < 4.78 is 0. The van der Waals surface area contributed by atoms with Gasteiger partial charge in [-0.25, -0.2) is 0 Å². The molecule has 0 saturated heterocycles. The van der Waals surface area contributed by atoms with Crippen LogP contribution in [0.3, 0.4) is 0 Å². The van der Waals surface area contributed by atoms with Crippen LogP contribution in [0.5, 0.6) is 0 Å². The van der Waals surface area contributed by atoms with Crippen molar-refractivity contribution in [3.05, 3.63) is 29.8 Å².